The first-order valence-electron chi connectivity index (χ1n) is 6.78. The topological polar surface area (TPSA) is 88.1 Å². The number of rotatable bonds is 2. The monoisotopic (exact) mass is 301 g/mol. The number of carbonyl (C=O) groups is 3. The molecule has 7 nitrogen and oxygen atoms in total. The average molecular weight is 301 g/mol. The van der Waals surface area contributed by atoms with E-state index in [0.29, 0.717) is 5.69 Å². The number of fused-ring (bicyclic) bond motifs is 1. The molecule has 0 radical (unpaired) electrons. The number of carbonyl (C=O) groups excluding carboxylic acids is 3. The Morgan fingerprint density at radius 2 is 2.14 bits per heavy atom. The summed E-state index contributed by atoms with van der Waals surface area (Å²) in [5.74, 6) is -2.61. The van der Waals surface area contributed by atoms with Crippen molar-refractivity contribution in [1.82, 2.24) is 5.43 Å². The molecule has 0 aromatic heterocycles. The van der Waals surface area contributed by atoms with Crippen molar-refractivity contribution in [2.75, 3.05) is 12.0 Å². The summed E-state index contributed by atoms with van der Waals surface area (Å²) in [6.07, 6.45) is 0. The number of hydrogen-bond acceptors (Lipinski definition) is 6. The minimum absolute atomic E-state index is 0.0708. The number of anilines is 1. The molecule has 7 heteroatoms. The van der Waals surface area contributed by atoms with Crippen LogP contribution in [0, 0.1) is 12.8 Å². The second-order valence-corrected chi connectivity index (χ2v) is 5.55. The number of methoxy groups -OCH3 is 1. The minimum atomic E-state index is -1.26. The molecule has 0 aliphatic carbocycles. The number of benzene rings is 1. The highest BCUT2D eigenvalue weighted by molar-refractivity contribution is 6.47. The summed E-state index contributed by atoms with van der Waals surface area (Å²) in [5, 5.41) is 3.83. The van der Waals surface area contributed by atoms with Crippen molar-refractivity contribution in [3.8, 4) is 0 Å². The van der Waals surface area contributed by atoms with Gasteiger partial charge in [0.1, 0.15) is 11.5 Å². The summed E-state index contributed by atoms with van der Waals surface area (Å²) < 4.78 is 4.64. The molecule has 1 fully saturated rings. The standard InChI is InChI=1S/C15H15N3O4/c1-8-5-4-6-9(7-8)18-12(19)10-11(13(20)22-3)16-17-15(10,2)14(18)21/h4-7,10,17H,1-3H3. The van der Waals surface area contributed by atoms with Gasteiger partial charge in [-0.05, 0) is 31.5 Å². The molecule has 2 amide bonds. The number of nitrogens with one attached hydrogen (secondary N) is 1. The Kier molecular flexibility index (Phi) is 3.01. The summed E-state index contributed by atoms with van der Waals surface area (Å²) >= 11 is 0. The van der Waals surface area contributed by atoms with Crippen LogP contribution in [0.15, 0.2) is 29.4 Å². The molecule has 1 N–H and O–H groups in total. The summed E-state index contributed by atoms with van der Waals surface area (Å²) in [5.41, 5.74) is 2.71. The molecule has 2 atom stereocenters. The molecular formula is C15H15N3O4. The number of amides is 2. The van der Waals surface area contributed by atoms with Crippen LogP contribution in [0.25, 0.3) is 0 Å². The average Bonchev–Trinajstić information content (AvgIpc) is 2.93. The van der Waals surface area contributed by atoms with E-state index in [1.807, 2.05) is 13.0 Å². The lowest BCUT2D eigenvalue weighted by Crippen LogP contribution is -2.48. The summed E-state index contributed by atoms with van der Waals surface area (Å²) in [7, 11) is 1.21. The zero-order chi connectivity index (χ0) is 16.1. The fraction of sp³-hybridized carbons (Fsp3) is 0.333. The smallest absolute Gasteiger partial charge is 0.355 e. The molecule has 0 saturated carbocycles. The normalized spacial score (nSPS) is 26.6. The van der Waals surface area contributed by atoms with Crippen molar-refractivity contribution in [2.24, 2.45) is 11.0 Å². The summed E-state index contributed by atoms with van der Waals surface area (Å²) in [4.78, 5) is 38.3. The Labute approximate surface area is 126 Å². The molecule has 2 unspecified atom stereocenters. The fourth-order valence-electron chi connectivity index (χ4n) is 2.86. The maximum atomic E-state index is 12.7. The van der Waals surface area contributed by atoms with E-state index in [1.165, 1.54) is 7.11 Å². The van der Waals surface area contributed by atoms with Crippen LogP contribution in [0.4, 0.5) is 5.69 Å². The molecule has 1 saturated heterocycles. The Morgan fingerprint density at radius 1 is 1.41 bits per heavy atom. The first-order valence-corrected chi connectivity index (χ1v) is 6.78. The van der Waals surface area contributed by atoms with Gasteiger partial charge in [0.25, 0.3) is 5.91 Å². The van der Waals surface area contributed by atoms with Gasteiger partial charge >= 0.3 is 5.97 Å². The SMILES string of the molecule is COC(=O)C1=NNC2(C)C(=O)N(c3cccc(C)c3)C(=O)C12. The van der Waals surface area contributed by atoms with Crippen LogP contribution in [0.1, 0.15) is 12.5 Å². The highest BCUT2D eigenvalue weighted by Gasteiger charge is 2.63. The molecular weight excluding hydrogens is 286 g/mol. The Morgan fingerprint density at radius 3 is 2.77 bits per heavy atom. The summed E-state index contributed by atoms with van der Waals surface area (Å²) in [6, 6.07) is 7.07. The van der Waals surface area contributed by atoms with Crippen molar-refractivity contribution < 1.29 is 19.1 Å². The van der Waals surface area contributed by atoms with Gasteiger partial charge in [-0.25, -0.2) is 9.69 Å². The lowest BCUT2D eigenvalue weighted by molar-refractivity contribution is -0.133. The first-order chi connectivity index (χ1) is 10.4. The van der Waals surface area contributed by atoms with Crippen LogP contribution in [-0.4, -0.2) is 36.1 Å². The Hall–Kier alpha value is -2.70. The van der Waals surface area contributed by atoms with Crippen LogP contribution in [-0.2, 0) is 19.1 Å². The van der Waals surface area contributed by atoms with Gasteiger partial charge in [-0.1, -0.05) is 12.1 Å². The second-order valence-electron chi connectivity index (χ2n) is 5.55. The van der Waals surface area contributed by atoms with Crippen LogP contribution < -0.4 is 10.3 Å². The molecule has 22 heavy (non-hydrogen) atoms. The molecule has 0 spiro atoms. The maximum absolute atomic E-state index is 12.7. The second kappa shape index (κ2) is 4.66. The number of hydrogen-bond donors (Lipinski definition) is 1. The quantitative estimate of drug-likeness (QED) is 0.630. The van der Waals surface area contributed by atoms with Crippen molar-refractivity contribution in [2.45, 2.75) is 19.4 Å². The third-order valence-corrected chi connectivity index (χ3v) is 4.03. The van der Waals surface area contributed by atoms with E-state index in [9.17, 15) is 14.4 Å². The number of imide groups is 1. The number of nitrogens with zero attached hydrogens (tertiary/aromatic N) is 2. The van der Waals surface area contributed by atoms with E-state index in [2.05, 4.69) is 15.3 Å². The predicted octanol–water partition coefficient (Wildman–Crippen LogP) is 0.375. The van der Waals surface area contributed by atoms with E-state index in [-0.39, 0.29) is 5.71 Å². The van der Waals surface area contributed by atoms with Gasteiger partial charge in [-0.2, -0.15) is 5.10 Å². The third-order valence-electron chi connectivity index (χ3n) is 4.03. The van der Waals surface area contributed by atoms with Gasteiger partial charge in [0.15, 0.2) is 5.71 Å². The van der Waals surface area contributed by atoms with Gasteiger partial charge in [-0.15, -0.1) is 0 Å². The highest BCUT2D eigenvalue weighted by atomic mass is 16.5. The van der Waals surface area contributed by atoms with E-state index in [0.717, 1.165) is 10.5 Å². The van der Waals surface area contributed by atoms with Crippen LogP contribution >= 0.6 is 0 Å². The van der Waals surface area contributed by atoms with Gasteiger partial charge in [0.05, 0.1) is 12.8 Å². The van der Waals surface area contributed by atoms with Crippen LogP contribution in [0.5, 0.6) is 0 Å². The van der Waals surface area contributed by atoms with E-state index < -0.39 is 29.2 Å². The van der Waals surface area contributed by atoms with Gasteiger partial charge in [0.2, 0.25) is 5.91 Å². The number of esters is 1. The van der Waals surface area contributed by atoms with Crippen molar-refractivity contribution in [1.29, 1.82) is 0 Å². The molecule has 2 aliphatic rings. The lowest BCUT2D eigenvalue weighted by atomic mass is 9.86. The zero-order valence-electron chi connectivity index (χ0n) is 12.4. The Balaban J connectivity index is 2.05. The van der Waals surface area contributed by atoms with Gasteiger partial charge in [-0.3, -0.25) is 15.0 Å². The highest BCUT2D eigenvalue weighted by Crippen LogP contribution is 2.38. The molecule has 3 rings (SSSR count). The number of ether oxygens (including phenoxy) is 1. The molecule has 0 bridgehead atoms. The molecule has 114 valence electrons. The summed E-state index contributed by atoms with van der Waals surface area (Å²) in [6.45, 7) is 3.43. The van der Waals surface area contributed by atoms with Crippen molar-refractivity contribution in [3.63, 3.8) is 0 Å². The van der Waals surface area contributed by atoms with E-state index >= 15 is 0 Å². The van der Waals surface area contributed by atoms with Gasteiger partial charge < -0.3 is 4.74 Å². The molecule has 1 aromatic carbocycles. The van der Waals surface area contributed by atoms with Crippen molar-refractivity contribution in [3.05, 3.63) is 29.8 Å². The molecule has 1 aromatic rings. The zero-order valence-corrected chi connectivity index (χ0v) is 12.4. The van der Waals surface area contributed by atoms with Gasteiger partial charge in [0, 0.05) is 0 Å². The Bertz CT molecular complexity index is 727. The first kappa shape index (κ1) is 14.2. The molecule has 2 heterocycles. The minimum Gasteiger partial charge on any atom is -0.464 e. The van der Waals surface area contributed by atoms with E-state index in [1.54, 1.807) is 25.1 Å². The van der Waals surface area contributed by atoms with Crippen molar-refractivity contribution >= 4 is 29.2 Å². The largest absolute Gasteiger partial charge is 0.464 e. The van der Waals surface area contributed by atoms with Crippen LogP contribution in [0.2, 0.25) is 0 Å². The predicted molar refractivity (Wildman–Crippen MR) is 78.2 cm³/mol. The number of aryl methyl sites for hydroxylation is 1. The third kappa shape index (κ3) is 1.75. The van der Waals surface area contributed by atoms with E-state index in [4.69, 9.17) is 0 Å². The maximum Gasteiger partial charge on any atom is 0.355 e. The fourth-order valence-corrected chi connectivity index (χ4v) is 2.86. The lowest BCUT2D eigenvalue weighted by Gasteiger charge is -2.20. The van der Waals surface area contributed by atoms with Crippen LogP contribution in [0.3, 0.4) is 0 Å². The number of hydrazone groups is 1. The molecule has 2 aliphatic heterocycles.